The van der Waals surface area contributed by atoms with Gasteiger partial charge in [-0.2, -0.15) is 0 Å². The maximum atomic E-state index is 11.5. The smallest absolute Gasteiger partial charge is 0.329 e. The maximum Gasteiger partial charge on any atom is 0.329 e. The van der Waals surface area contributed by atoms with Crippen LogP contribution in [0.25, 0.3) is 0 Å². The lowest BCUT2D eigenvalue weighted by molar-refractivity contribution is -0.143. The Bertz CT molecular complexity index is 484. The van der Waals surface area contributed by atoms with Gasteiger partial charge in [0.25, 0.3) is 0 Å². The molecule has 0 aromatic heterocycles. The number of fused-ring (bicyclic) bond motifs is 1. The number of rotatable bonds is 5. The van der Waals surface area contributed by atoms with E-state index in [2.05, 4.69) is 5.32 Å². The van der Waals surface area contributed by atoms with Crippen molar-refractivity contribution >= 4 is 17.6 Å². The summed E-state index contributed by atoms with van der Waals surface area (Å²) in [5, 5.41) is 11.1. The molecule has 1 aliphatic carbocycles. The van der Waals surface area contributed by atoms with Crippen molar-refractivity contribution in [2.45, 2.75) is 25.7 Å². The van der Waals surface area contributed by atoms with Crippen molar-refractivity contribution in [3.63, 3.8) is 0 Å². The average Bonchev–Trinajstić information content (AvgIpc) is 2.38. The minimum Gasteiger partial charge on any atom is -0.480 e. The zero-order chi connectivity index (χ0) is 13.7. The van der Waals surface area contributed by atoms with Crippen LogP contribution in [0, 0.1) is 0 Å². The highest BCUT2D eigenvalue weighted by Crippen LogP contribution is 2.24. The van der Waals surface area contributed by atoms with Crippen LogP contribution in [0.4, 0.5) is 5.69 Å². The van der Waals surface area contributed by atoms with Crippen LogP contribution in [0.2, 0.25) is 0 Å². The highest BCUT2D eigenvalue weighted by Gasteiger charge is 2.10. The first kappa shape index (κ1) is 13.5. The molecule has 0 saturated heterocycles. The molecule has 19 heavy (non-hydrogen) atoms. The third-order valence-electron chi connectivity index (χ3n) is 3.09. The molecule has 2 N–H and O–H groups in total. The number of nitrogens with one attached hydrogen (secondary N) is 1. The van der Waals surface area contributed by atoms with Crippen LogP contribution in [0.1, 0.15) is 24.0 Å². The molecule has 0 unspecified atom stereocenters. The highest BCUT2D eigenvalue weighted by molar-refractivity contribution is 5.92. The van der Waals surface area contributed by atoms with Crippen molar-refractivity contribution in [1.82, 2.24) is 0 Å². The van der Waals surface area contributed by atoms with Gasteiger partial charge in [0, 0.05) is 5.69 Å². The Kier molecular flexibility index (Phi) is 4.52. The Balaban J connectivity index is 1.88. The van der Waals surface area contributed by atoms with E-state index in [1.165, 1.54) is 24.0 Å². The molecule has 2 rings (SSSR count). The molecule has 1 amide bonds. The first-order valence-corrected chi connectivity index (χ1v) is 6.36. The van der Waals surface area contributed by atoms with E-state index in [4.69, 9.17) is 9.84 Å². The minimum atomic E-state index is -1.08. The molecule has 102 valence electrons. The summed E-state index contributed by atoms with van der Waals surface area (Å²) in [6, 6.07) is 5.91. The van der Waals surface area contributed by atoms with E-state index in [9.17, 15) is 9.59 Å². The molecule has 0 fully saturated rings. The monoisotopic (exact) mass is 263 g/mol. The fourth-order valence-corrected chi connectivity index (χ4v) is 2.24. The Morgan fingerprint density at radius 3 is 2.63 bits per heavy atom. The Labute approximate surface area is 111 Å². The Morgan fingerprint density at radius 2 is 1.89 bits per heavy atom. The van der Waals surface area contributed by atoms with Gasteiger partial charge < -0.3 is 15.2 Å². The second-order valence-electron chi connectivity index (χ2n) is 4.63. The standard InChI is InChI=1S/C14H17NO4/c16-13(8-19-9-14(17)18)15-12-6-5-10-3-1-2-4-11(10)7-12/h5-7H,1-4,8-9H2,(H,15,16)(H,17,18). The van der Waals surface area contributed by atoms with Gasteiger partial charge in [0.05, 0.1) is 0 Å². The van der Waals surface area contributed by atoms with Crippen LogP contribution in [-0.4, -0.2) is 30.2 Å². The third kappa shape index (κ3) is 4.06. The molecule has 0 heterocycles. The lowest BCUT2D eigenvalue weighted by Gasteiger charge is -2.16. The summed E-state index contributed by atoms with van der Waals surface area (Å²) >= 11 is 0. The van der Waals surface area contributed by atoms with Crippen LogP contribution in [0.3, 0.4) is 0 Å². The predicted molar refractivity (Wildman–Crippen MR) is 70.2 cm³/mol. The molecule has 0 atom stereocenters. The third-order valence-corrected chi connectivity index (χ3v) is 3.09. The van der Waals surface area contributed by atoms with Crippen LogP contribution in [0.5, 0.6) is 0 Å². The van der Waals surface area contributed by atoms with Gasteiger partial charge >= 0.3 is 5.97 Å². The second kappa shape index (κ2) is 6.33. The average molecular weight is 263 g/mol. The van der Waals surface area contributed by atoms with Gasteiger partial charge in [-0.05, 0) is 48.9 Å². The normalized spacial score (nSPS) is 13.7. The summed E-state index contributed by atoms with van der Waals surface area (Å²) in [4.78, 5) is 21.8. The fourth-order valence-electron chi connectivity index (χ4n) is 2.24. The number of amides is 1. The molecule has 1 aromatic carbocycles. The summed E-state index contributed by atoms with van der Waals surface area (Å²) in [6.07, 6.45) is 4.56. The van der Waals surface area contributed by atoms with Crippen LogP contribution >= 0.6 is 0 Å². The zero-order valence-corrected chi connectivity index (χ0v) is 10.6. The molecular weight excluding hydrogens is 246 g/mol. The lowest BCUT2D eigenvalue weighted by Crippen LogP contribution is -2.21. The van der Waals surface area contributed by atoms with Crippen molar-refractivity contribution in [1.29, 1.82) is 0 Å². The molecular formula is C14H17NO4. The van der Waals surface area contributed by atoms with Gasteiger partial charge in [0.1, 0.15) is 13.2 Å². The van der Waals surface area contributed by atoms with E-state index in [0.717, 1.165) is 18.5 Å². The summed E-state index contributed by atoms with van der Waals surface area (Å²) in [6.45, 7) is -0.707. The van der Waals surface area contributed by atoms with Crippen molar-refractivity contribution in [2.75, 3.05) is 18.5 Å². The van der Waals surface area contributed by atoms with E-state index in [1.54, 1.807) is 0 Å². The highest BCUT2D eigenvalue weighted by atomic mass is 16.5. The topological polar surface area (TPSA) is 75.6 Å². The SMILES string of the molecule is O=C(O)COCC(=O)Nc1ccc2c(c1)CCCC2. The van der Waals surface area contributed by atoms with Gasteiger partial charge in [-0.1, -0.05) is 6.07 Å². The van der Waals surface area contributed by atoms with E-state index < -0.39 is 12.6 Å². The Hall–Kier alpha value is -1.88. The molecule has 0 radical (unpaired) electrons. The summed E-state index contributed by atoms with van der Waals surface area (Å²) < 4.78 is 4.73. The Morgan fingerprint density at radius 1 is 1.16 bits per heavy atom. The van der Waals surface area contributed by atoms with Crippen molar-refractivity contribution < 1.29 is 19.4 Å². The number of benzene rings is 1. The van der Waals surface area contributed by atoms with Crippen LogP contribution < -0.4 is 5.32 Å². The zero-order valence-electron chi connectivity index (χ0n) is 10.6. The maximum absolute atomic E-state index is 11.5. The van der Waals surface area contributed by atoms with Gasteiger partial charge in [0.2, 0.25) is 5.91 Å². The van der Waals surface area contributed by atoms with Gasteiger partial charge in [-0.25, -0.2) is 4.79 Å². The minimum absolute atomic E-state index is 0.247. The van der Waals surface area contributed by atoms with E-state index in [0.29, 0.717) is 0 Å². The number of carbonyl (C=O) groups excluding carboxylic acids is 1. The van der Waals surface area contributed by atoms with Gasteiger partial charge in [0.15, 0.2) is 0 Å². The molecule has 0 saturated carbocycles. The lowest BCUT2D eigenvalue weighted by atomic mass is 9.91. The summed E-state index contributed by atoms with van der Waals surface area (Å²) in [7, 11) is 0. The van der Waals surface area contributed by atoms with E-state index in [-0.39, 0.29) is 12.5 Å². The molecule has 5 heteroatoms. The molecule has 0 spiro atoms. The number of hydrogen-bond donors (Lipinski definition) is 2. The number of hydrogen-bond acceptors (Lipinski definition) is 3. The summed E-state index contributed by atoms with van der Waals surface area (Å²) in [5.41, 5.74) is 3.38. The van der Waals surface area contributed by atoms with E-state index >= 15 is 0 Å². The second-order valence-corrected chi connectivity index (χ2v) is 4.63. The molecule has 1 aliphatic rings. The molecule has 0 aliphatic heterocycles. The van der Waals surface area contributed by atoms with Crippen LogP contribution in [-0.2, 0) is 27.2 Å². The largest absolute Gasteiger partial charge is 0.480 e. The first-order valence-electron chi connectivity index (χ1n) is 6.36. The van der Waals surface area contributed by atoms with Gasteiger partial charge in [-0.15, -0.1) is 0 Å². The molecule has 0 bridgehead atoms. The number of aryl methyl sites for hydroxylation is 2. The number of carbonyl (C=O) groups is 2. The number of ether oxygens (including phenoxy) is 1. The predicted octanol–water partition coefficient (Wildman–Crippen LogP) is 1.61. The van der Waals surface area contributed by atoms with E-state index in [1.807, 2.05) is 18.2 Å². The number of aliphatic carboxylic acids is 1. The molecule has 1 aromatic rings. The van der Waals surface area contributed by atoms with Crippen LogP contribution in [0.15, 0.2) is 18.2 Å². The van der Waals surface area contributed by atoms with Crippen molar-refractivity contribution in [3.05, 3.63) is 29.3 Å². The number of carboxylic acid groups (broad SMARTS) is 1. The molecule has 5 nitrogen and oxygen atoms in total. The number of anilines is 1. The fraction of sp³-hybridized carbons (Fsp3) is 0.429. The number of carboxylic acids is 1. The van der Waals surface area contributed by atoms with Crippen molar-refractivity contribution in [2.24, 2.45) is 0 Å². The van der Waals surface area contributed by atoms with Crippen molar-refractivity contribution in [3.8, 4) is 0 Å². The summed E-state index contributed by atoms with van der Waals surface area (Å²) in [5.74, 6) is -1.42. The first-order chi connectivity index (χ1) is 9.15. The quantitative estimate of drug-likeness (QED) is 0.846. The van der Waals surface area contributed by atoms with Gasteiger partial charge in [-0.3, -0.25) is 4.79 Å².